The third kappa shape index (κ3) is 3.80. The van der Waals surface area contributed by atoms with Crippen LogP contribution in [0.2, 0.25) is 0 Å². The number of likely N-dealkylation sites (tertiary alicyclic amines) is 1. The highest BCUT2D eigenvalue weighted by Crippen LogP contribution is 2.32. The zero-order valence-electron chi connectivity index (χ0n) is 17.4. The summed E-state index contributed by atoms with van der Waals surface area (Å²) in [6, 6.07) is 7.22. The van der Waals surface area contributed by atoms with Crippen molar-refractivity contribution in [3.05, 3.63) is 52.5 Å². The van der Waals surface area contributed by atoms with Crippen molar-refractivity contribution in [2.75, 3.05) is 13.1 Å². The number of nitrogens with zero attached hydrogens (tertiary/aromatic N) is 4. The van der Waals surface area contributed by atoms with Gasteiger partial charge in [0.2, 0.25) is 5.91 Å². The summed E-state index contributed by atoms with van der Waals surface area (Å²) < 4.78 is 9.07. The first kappa shape index (κ1) is 19.2. The summed E-state index contributed by atoms with van der Waals surface area (Å²) in [6.07, 6.45) is 7.60. The van der Waals surface area contributed by atoms with E-state index in [-0.39, 0.29) is 12.5 Å². The lowest BCUT2D eigenvalue weighted by atomic mass is 9.93. The van der Waals surface area contributed by atoms with Crippen molar-refractivity contribution in [1.29, 1.82) is 0 Å². The number of hydrogen-bond donors (Lipinski definition) is 0. The van der Waals surface area contributed by atoms with Crippen molar-refractivity contribution in [1.82, 2.24) is 19.0 Å². The van der Waals surface area contributed by atoms with Gasteiger partial charge in [0.05, 0.1) is 5.52 Å². The van der Waals surface area contributed by atoms with Crippen LogP contribution < -0.4 is 5.76 Å². The van der Waals surface area contributed by atoms with Crippen LogP contribution in [0.4, 0.5) is 0 Å². The van der Waals surface area contributed by atoms with Gasteiger partial charge < -0.3 is 13.9 Å². The first-order chi connectivity index (χ1) is 14.6. The van der Waals surface area contributed by atoms with Crippen LogP contribution in [0.1, 0.15) is 37.2 Å². The van der Waals surface area contributed by atoms with Gasteiger partial charge in [0, 0.05) is 37.9 Å². The van der Waals surface area contributed by atoms with E-state index < -0.39 is 5.76 Å². The van der Waals surface area contributed by atoms with Crippen LogP contribution in [0.25, 0.3) is 11.1 Å². The minimum absolute atomic E-state index is 0.0202. The van der Waals surface area contributed by atoms with Crippen LogP contribution >= 0.6 is 0 Å². The number of benzene rings is 1. The van der Waals surface area contributed by atoms with E-state index in [4.69, 9.17) is 4.42 Å². The molecule has 3 heterocycles. The maximum absolute atomic E-state index is 12.8. The molecule has 3 aromatic rings. The van der Waals surface area contributed by atoms with Crippen LogP contribution in [0.5, 0.6) is 0 Å². The molecule has 7 nitrogen and oxygen atoms in total. The van der Waals surface area contributed by atoms with Crippen molar-refractivity contribution in [2.45, 2.75) is 52.1 Å². The Morgan fingerprint density at radius 2 is 1.87 bits per heavy atom. The summed E-state index contributed by atoms with van der Waals surface area (Å²) in [5.74, 6) is 2.08. The zero-order chi connectivity index (χ0) is 20.7. The molecule has 1 aliphatic carbocycles. The number of imidazole rings is 1. The van der Waals surface area contributed by atoms with Gasteiger partial charge in [0.15, 0.2) is 5.58 Å². The third-order valence-electron chi connectivity index (χ3n) is 6.58. The van der Waals surface area contributed by atoms with E-state index in [2.05, 4.69) is 16.5 Å². The van der Waals surface area contributed by atoms with Crippen LogP contribution in [0.3, 0.4) is 0 Å². The van der Waals surface area contributed by atoms with Gasteiger partial charge in [-0.05, 0) is 56.6 Å². The molecule has 2 aromatic heterocycles. The number of piperidine rings is 1. The molecule has 7 heteroatoms. The number of rotatable bonds is 6. The molecule has 0 spiro atoms. The second kappa shape index (κ2) is 7.78. The molecule has 0 atom stereocenters. The molecule has 30 heavy (non-hydrogen) atoms. The number of amides is 1. The molecule has 1 aromatic carbocycles. The van der Waals surface area contributed by atoms with E-state index in [9.17, 15) is 9.59 Å². The predicted molar refractivity (Wildman–Crippen MR) is 113 cm³/mol. The maximum Gasteiger partial charge on any atom is 0.420 e. The molecule has 2 fully saturated rings. The third-order valence-corrected chi connectivity index (χ3v) is 6.58. The van der Waals surface area contributed by atoms with E-state index in [0.717, 1.165) is 44.8 Å². The standard InChI is InChI=1S/C23H28N4O3/c1-16-13-24-21(26(16)14-18-6-7-18)12-17-8-10-25(11-9-17)22(28)15-27-19-4-2-3-5-20(19)30-23(27)29/h2-5,13,17-18H,6-12,14-15H2,1H3. The lowest BCUT2D eigenvalue weighted by Gasteiger charge is -2.32. The minimum Gasteiger partial charge on any atom is -0.408 e. The Hall–Kier alpha value is -2.83. The van der Waals surface area contributed by atoms with Gasteiger partial charge in [-0.25, -0.2) is 9.78 Å². The Bertz CT molecular complexity index is 1110. The van der Waals surface area contributed by atoms with Crippen LogP contribution in [-0.4, -0.2) is 38.0 Å². The molecule has 1 saturated carbocycles. The van der Waals surface area contributed by atoms with Gasteiger partial charge >= 0.3 is 5.76 Å². The summed E-state index contributed by atoms with van der Waals surface area (Å²) >= 11 is 0. The van der Waals surface area contributed by atoms with Gasteiger partial charge in [-0.2, -0.15) is 0 Å². The van der Waals surface area contributed by atoms with Crippen molar-refractivity contribution in [3.63, 3.8) is 0 Å². The predicted octanol–water partition coefficient (Wildman–Crippen LogP) is 2.99. The fraction of sp³-hybridized carbons (Fsp3) is 0.522. The lowest BCUT2D eigenvalue weighted by molar-refractivity contribution is -0.133. The summed E-state index contributed by atoms with van der Waals surface area (Å²) in [5, 5.41) is 0. The Balaban J connectivity index is 1.19. The number of aryl methyl sites for hydroxylation is 1. The average Bonchev–Trinajstić information content (AvgIpc) is 3.44. The SMILES string of the molecule is Cc1cnc(CC2CCN(C(=O)Cn3c(=O)oc4ccccc43)CC2)n1CC1CC1. The summed E-state index contributed by atoms with van der Waals surface area (Å²) in [7, 11) is 0. The normalized spacial score (nSPS) is 17.7. The zero-order valence-corrected chi connectivity index (χ0v) is 17.4. The number of hydrogen-bond acceptors (Lipinski definition) is 4. The van der Waals surface area contributed by atoms with Crippen molar-refractivity contribution < 1.29 is 9.21 Å². The quantitative estimate of drug-likeness (QED) is 0.629. The minimum atomic E-state index is -0.475. The van der Waals surface area contributed by atoms with Gasteiger partial charge in [0.25, 0.3) is 0 Å². The Labute approximate surface area is 175 Å². The molecule has 0 N–H and O–H groups in total. The smallest absolute Gasteiger partial charge is 0.408 e. The summed E-state index contributed by atoms with van der Waals surface area (Å²) in [6.45, 7) is 4.74. The molecule has 1 amide bonds. The second-order valence-electron chi connectivity index (χ2n) is 8.82. The average molecular weight is 409 g/mol. The molecular weight excluding hydrogens is 380 g/mol. The largest absolute Gasteiger partial charge is 0.420 e. The van der Waals surface area contributed by atoms with Crippen molar-refractivity contribution >= 4 is 17.0 Å². The van der Waals surface area contributed by atoms with E-state index >= 15 is 0 Å². The first-order valence-electron chi connectivity index (χ1n) is 11.0. The van der Waals surface area contributed by atoms with Crippen LogP contribution in [-0.2, 0) is 24.3 Å². The monoisotopic (exact) mass is 408 g/mol. The highest BCUT2D eigenvalue weighted by molar-refractivity contribution is 5.79. The fourth-order valence-corrected chi connectivity index (χ4v) is 4.53. The second-order valence-corrected chi connectivity index (χ2v) is 8.82. The molecule has 0 unspecified atom stereocenters. The molecule has 1 aliphatic heterocycles. The topological polar surface area (TPSA) is 73.3 Å². The molecule has 158 valence electrons. The summed E-state index contributed by atoms with van der Waals surface area (Å²) in [4.78, 5) is 31.5. The number of carbonyl (C=O) groups is 1. The molecule has 0 bridgehead atoms. The highest BCUT2D eigenvalue weighted by atomic mass is 16.4. The number of carbonyl (C=O) groups excluding carboxylic acids is 1. The molecule has 5 rings (SSSR count). The Kier molecular flexibility index (Phi) is 4.97. The molecule has 1 saturated heterocycles. The number of aromatic nitrogens is 3. The molecule has 2 aliphatic rings. The van der Waals surface area contributed by atoms with E-state index in [1.165, 1.54) is 28.9 Å². The lowest BCUT2D eigenvalue weighted by Crippen LogP contribution is -2.41. The van der Waals surface area contributed by atoms with E-state index in [1.54, 1.807) is 6.07 Å². The summed E-state index contributed by atoms with van der Waals surface area (Å²) in [5.41, 5.74) is 2.44. The Morgan fingerprint density at radius 3 is 2.63 bits per heavy atom. The first-order valence-corrected chi connectivity index (χ1v) is 11.0. The van der Waals surface area contributed by atoms with Crippen LogP contribution in [0.15, 0.2) is 39.7 Å². The number of para-hydroxylation sites is 2. The molecule has 0 radical (unpaired) electrons. The van der Waals surface area contributed by atoms with Crippen LogP contribution in [0, 0.1) is 18.8 Å². The van der Waals surface area contributed by atoms with Crippen molar-refractivity contribution in [2.24, 2.45) is 11.8 Å². The molecular formula is C23H28N4O3. The van der Waals surface area contributed by atoms with Crippen molar-refractivity contribution in [3.8, 4) is 0 Å². The van der Waals surface area contributed by atoms with Gasteiger partial charge in [-0.1, -0.05) is 12.1 Å². The highest BCUT2D eigenvalue weighted by Gasteiger charge is 2.27. The number of fused-ring (bicyclic) bond motifs is 1. The van der Waals surface area contributed by atoms with E-state index in [0.29, 0.717) is 17.0 Å². The Morgan fingerprint density at radius 1 is 1.10 bits per heavy atom. The van der Waals surface area contributed by atoms with Gasteiger partial charge in [-0.15, -0.1) is 0 Å². The van der Waals surface area contributed by atoms with Gasteiger partial charge in [0.1, 0.15) is 12.4 Å². The number of oxazole rings is 1. The maximum atomic E-state index is 12.8. The van der Waals surface area contributed by atoms with Gasteiger partial charge in [-0.3, -0.25) is 9.36 Å². The van der Waals surface area contributed by atoms with E-state index in [1.807, 2.05) is 29.3 Å². The fourth-order valence-electron chi connectivity index (χ4n) is 4.53.